The van der Waals surface area contributed by atoms with Crippen molar-refractivity contribution in [2.75, 3.05) is 5.75 Å². The van der Waals surface area contributed by atoms with Gasteiger partial charge in [0, 0.05) is 0 Å². The van der Waals surface area contributed by atoms with E-state index in [2.05, 4.69) is 34.6 Å². The summed E-state index contributed by atoms with van der Waals surface area (Å²) in [6.45, 7) is 13.7. The predicted octanol–water partition coefficient (Wildman–Crippen LogP) is 2.76. The summed E-state index contributed by atoms with van der Waals surface area (Å²) >= 11 is 4.83. The van der Waals surface area contributed by atoms with Crippen LogP contribution in [0.2, 0.25) is 0 Å². The summed E-state index contributed by atoms with van der Waals surface area (Å²) in [6, 6.07) is 0. The van der Waals surface area contributed by atoms with Gasteiger partial charge in [-0.2, -0.15) is 5.75 Å². The van der Waals surface area contributed by atoms with Crippen molar-refractivity contribution in [2.24, 2.45) is 0 Å². The second kappa shape index (κ2) is 42.7. The molecule has 0 bridgehead atoms. The molecule has 0 atom stereocenters. The molecule has 0 aliphatic rings. The van der Waals surface area contributed by atoms with Gasteiger partial charge in [0.1, 0.15) is 0 Å². The van der Waals surface area contributed by atoms with Gasteiger partial charge in [-0.05, 0) is 0 Å². The van der Waals surface area contributed by atoms with Gasteiger partial charge in [0.05, 0.1) is 0 Å². The average Bonchev–Trinajstić information content (AvgIpc) is 2.39. The van der Waals surface area contributed by atoms with E-state index < -0.39 is 0 Å². The maximum Gasteiger partial charge on any atom is 2.00 e. The SMILES string of the molecule is CCCCCCCC[S-].[CH2]CCC.[CH2]CCC.[Cl-].[Sn+2]. The van der Waals surface area contributed by atoms with Crippen LogP contribution in [-0.2, 0) is 12.6 Å². The van der Waals surface area contributed by atoms with Gasteiger partial charge in [0.15, 0.2) is 0 Å². The Bertz CT molecular complexity index is 78.8. The van der Waals surface area contributed by atoms with Gasteiger partial charge in [-0.3, -0.25) is 0 Å². The van der Waals surface area contributed by atoms with Gasteiger partial charge in [-0.15, -0.1) is 0 Å². The summed E-state index contributed by atoms with van der Waals surface area (Å²) < 4.78 is 0. The summed E-state index contributed by atoms with van der Waals surface area (Å²) in [5.74, 6) is 0.951. The van der Waals surface area contributed by atoms with Gasteiger partial charge in [-0.25, -0.2) is 0 Å². The fourth-order valence-corrected chi connectivity index (χ4v) is 1.09. The van der Waals surface area contributed by atoms with E-state index >= 15 is 0 Å². The van der Waals surface area contributed by atoms with Gasteiger partial charge < -0.3 is 25.0 Å². The first-order chi connectivity index (χ1) is 8.24. The minimum absolute atomic E-state index is 0. The Hall–Kier alpha value is 1.44. The molecule has 0 aliphatic carbocycles. The molecular weight excluding hydrogens is 378 g/mol. The molecule has 0 heterocycles. The molecule has 116 valence electrons. The van der Waals surface area contributed by atoms with E-state index in [1.807, 2.05) is 0 Å². The van der Waals surface area contributed by atoms with Crippen LogP contribution in [0.5, 0.6) is 0 Å². The average molecular weight is 414 g/mol. The maximum atomic E-state index is 4.83. The molecule has 0 nitrogen and oxygen atoms in total. The predicted molar refractivity (Wildman–Crippen MR) is 91.9 cm³/mol. The van der Waals surface area contributed by atoms with Crippen LogP contribution < -0.4 is 12.4 Å². The topological polar surface area (TPSA) is 0 Å². The second-order valence-electron chi connectivity index (χ2n) is 4.18. The van der Waals surface area contributed by atoms with E-state index in [9.17, 15) is 0 Å². The summed E-state index contributed by atoms with van der Waals surface area (Å²) in [5.41, 5.74) is 0. The van der Waals surface area contributed by atoms with E-state index in [1.165, 1.54) is 51.4 Å². The first kappa shape index (κ1) is 32.4. The molecular formula is C16H35ClSSn. The van der Waals surface area contributed by atoms with E-state index in [-0.39, 0.29) is 36.3 Å². The molecule has 0 saturated heterocycles. The molecule has 4 radical (unpaired) electrons. The Kier molecular flexibility index (Phi) is 72.8. The standard InChI is InChI=1S/C8H18S.2C4H9.ClH.Sn/c1-2-3-4-5-6-7-8-9;2*1-3-4-2;;/h9H,2-8H2,1H3;2*1,3-4H2,2H3;1H;/q;;;;+2/p-2. The number of hydrogen-bond acceptors (Lipinski definition) is 1. The maximum absolute atomic E-state index is 4.83. The zero-order chi connectivity index (χ0) is 13.8. The van der Waals surface area contributed by atoms with E-state index in [0.29, 0.717) is 0 Å². The van der Waals surface area contributed by atoms with Crippen LogP contribution >= 0.6 is 0 Å². The smallest absolute Gasteiger partial charge is 1.00 e. The Labute approximate surface area is 153 Å². The fourth-order valence-electron chi connectivity index (χ4n) is 0.882. The third kappa shape index (κ3) is 66.4. The Balaban J connectivity index is -0.0000000560. The van der Waals surface area contributed by atoms with Crippen LogP contribution in [0.3, 0.4) is 0 Å². The third-order valence-electron chi connectivity index (χ3n) is 2.20. The van der Waals surface area contributed by atoms with Crippen molar-refractivity contribution >= 4 is 36.5 Å². The molecule has 0 unspecified atom stereocenters. The number of halogens is 1. The van der Waals surface area contributed by atoms with Crippen molar-refractivity contribution in [2.45, 2.75) is 85.0 Å². The van der Waals surface area contributed by atoms with Crippen molar-refractivity contribution < 1.29 is 12.4 Å². The van der Waals surface area contributed by atoms with Gasteiger partial charge in [0.25, 0.3) is 0 Å². The van der Waals surface area contributed by atoms with Gasteiger partial charge >= 0.3 is 23.9 Å². The van der Waals surface area contributed by atoms with E-state index in [0.717, 1.165) is 18.6 Å². The number of unbranched alkanes of at least 4 members (excludes halogenated alkanes) is 7. The van der Waals surface area contributed by atoms with Crippen LogP contribution in [0.15, 0.2) is 0 Å². The number of hydrogen-bond donors (Lipinski definition) is 0. The quantitative estimate of drug-likeness (QED) is 0.335. The van der Waals surface area contributed by atoms with Crippen molar-refractivity contribution in [3.63, 3.8) is 0 Å². The Morgan fingerprint density at radius 1 is 0.684 bits per heavy atom. The Morgan fingerprint density at radius 3 is 1.26 bits per heavy atom. The molecule has 19 heavy (non-hydrogen) atoms. The van der Waals surface area contributed by atoms with Gasteiger partial charge in [-0.1, -0.05) is 98.8 Å². The van der Waals surface area contributed by atoms with Crippen LogP contribution in [-0.4, -0.2) is 29.7 Å². The van der Waals surface area contributed by atoms with Gasteiger partial charge in [0.2, 0.25) is 0 Å². The molecule has 0 aromatic rings. The first-order valence-electron chi connectivity index (χ1n) is 7.41. The summed E-state index contributed by atoms with van der Waals surface area (Å²) in [7, 11) is 0. The number of rotatable bonds is 8. The fraction of sp³-hybridized carbons (Fsp3) is 0.875. The first-order valence-corrected chi connectivity index (χ1v) is 7.99. The molecule has 0 saturated carbocycles. The summed E-state index contributed by atoms with van der Waals surface area (Å²) in [4.78, 5) is 0. The van der Waals surface area contributed by atoms with E-state index in [4.69, 9.17) is 12.6 Å². The van der Waals surface area contributed by atoms with Crippen molar-refractivity contribution in [3.8, 4) is 0 Å². The molecule has 0 N–H and O–H groups in total. The van der Waals surface area contributed by atoms with Crippen LogP contribution in [0, 0.1) is 13.8 Å². The normalized spacial score (nSPS) is 7.89. The largest absolute Gasteiger partial charge is 2.00 e. The monoisotopic (exact) mass is 414 g/mol. The molecule has 0 amide bonds. The molecule has 0 aliphatic heterocycles. The third-order valence-corrected chi connectivity index (χ3v) is 2.49. The van der Waals surface area contributed by atoms with Crippen LogP contribution in [0.1, 0.15) is 85.0 Å². The van der Waals surface area contributed by atoms with E-state index in [1.54, 1.807) is 0 Å². The van der Waals surface area contributed by atoms with Crippen LogP contribution in [0.25, 0.3) is 0 Å². The minimum atomic E-state index is 0. The summed E-state index contributed by atoms with van der Waals surface area (Å²) in [6.07, 6.45) is 12.7. The second-order valence-corrected chi connectivity index (χ2v) is 4.59. The van der Waals surface area contributed by atoms with Crippen molar-refractivity contribution in [3.05, 3.63) is 13.8 Å². The molecule has 0 aromatic carbocycles. The molecule has 3 heteroatoms. The van der Waals surface area contributed by atoms with Crippen molar-refractivity contribution in [1.82, 2.24) is 0 Å². The molecule has 0 aromatic heterocycles. The summed E-state index contributed by atoms with van der Waals surface area (Å²) in [5, 5.41) is 0. The zero-order valence-corrected chi connectivity index (χ0v) is 17.9. The molecule has 0 spiro atoms. The van der Waals surface area contributed by atoms with Crippen molar-refractivity contribution in [1.29, 1.82) is 0 Å². The van der Waals surface area contributed by atoms with Crippen LogP contribution in [0.4, 0.5) is 0 Å². The molecule has 0 fully saturated rings. The zero-order valence-electron chi connectivity index (χ0n) is 13.5. The molecule has 0 rings (SSSR count). The minimum Gasteiger partial charge on any atom is -1.00 e. The Morgan fingerprint density at radius 2 is 1.00 bits per heavy atom.